The van der Waals surface area contributed by atoms with E-state index in [0.29, 0.717) is 17.0 Å². The van der Waals surface area contributed by atoms with Gasteiger partial charge in [-0.05, 0) is 34.3 Å². The Bertz CT molecular complexity index is 1170. The minimum atomic E-state index is -0.620. The van der Waals surface area contributed by atoms with Crippen molar-refractivity contribution in [1.82, 2.24) is 14.5 Å². The van der Waals surface area contributed by atoms with Crippen molar-refractivity contribution >= 4 is 41.2 Å². The molecular formula is C24H20N4O3S2. The molecule has 33 heavy (non-hydrogen) atoms. The summed E-state index contributed by atoms with van der Waals surface area (Å²) < 4.78 is 9.92. The molecule has 9 heteroatoms. The van der Waals surface area contributed by atoms with E-state index >= 15 is 0 Å². The lowest BCUT2D eigenvalue weighted by Gasteiger charge is -2.48. The number of allylic oxidation sites excluding steroid dienone is 1. The molecule has 7 nitrogen and oxygen atoms in total. The van der Waals surface area contributed by atoms with Gasteiger partial charge < -0.3 is 10.5 Å². The maximum atomic E-state index is 13.6. The number of ether oxygens (including phenoxy) is 1. The van der Waals surface area contributed by atoms with Crippen molar-refractivity contribution in [2.75, 3.05) is 5.75 Å². The summed E-state index contributed by atoms with van der Waals surface area (Å²) in [4.78, 5) is 27.7. The highest BCUT2D eigenvalue weighted by Gasteiger charge is 2.52. The van der Waals surface area contributed by atoms with Crippen LogP contribution in [0.1, 0.15) is 22.9 Å². The van der Waals surface area contributed by atoms with E-state index in [1.54, 1.807) is 17.5 Å². The number of benzene rings is 2. The second-order valence-corrected chi connectivity index (χ2v) is 9.29. The van der Waals surface area contributed by atoms with Gasteiger partial charge in [0.15, 0.2) is 6.10 Å². The summed E-state index contributed by atoms with van der Waals surface area (Å²) in [5.41, 5.74) is 9.30. The largest absolute Gasteiger partial charge is 0.448 e. The predicted molar refractivity (Wildman–Crippen MR) is 128 cm³/mol. The van der Waals surface area contributed by atoms with Crippen molar-refractivity contribution in [3.8, 4) is 0 Å². The van der Waals surface area contributed by atoms with Gasteiger partial charge in [-0.15, -0.1) is 16.9 Å². The van der Waals surface area contributed by atoms with Crippen molar-refractivity contribution in [1.29, 1.82) is 0 Å². The quantitative estimate of drug-likeness (QED) is 0.430. The molecule has 166 valence electrons. The van der Waals surface area contributed by atoms with E-state index in [-0.39, 0.29) is 17.0 Å². The molecule has 1 amide bonds. The van der Waals surface area contributed by atoms with Crippen molar-refractivity contribution in [3.05, 3.63) is 100 Å². The summed E-state index contributed by atoms with van der Waals surface area (Å²) in [5.74, 6) is -0.312. The number of hydrogen-bond donors (Lipinski definition) is 1. The van der Waals surface area contributed by atoms with Gasteiger partial charge in [-0.25, -0.2) is 4.79 Å². The van der Waals surface area contributed by atoms with Crippen molar-refractivity contribution in [2.24, 2.45) is 5.73 Å². The second kappa shape index (κ2) is 9.30. The van der Waals surface area contributed by atoms with E-state index in [1.807, 2.05) is 60.7 Å². The lowest BCUT2D eigenvalue weighted by Crippen LogP contribution is -2.68. The number of fused-ring (bicyclic) bond motifs is 1. The lowest BCUT2D eigenvalue weighted by atomic mass is 10.0. The molecule has 0 radical (unpaired) electrons. The zero-order valence-electron chi connectivity index (χ0n) is 17.4. The molecule has 0 bridgehead atoms. The molecule has 0 spiro atoms. The Kier molecular flexibility index (Phi) is 6.08. The SMILES string of the molecule is NC1C(=O)N2C(C(=O)OC(c3ccccc3)c3ccccc3)=C(C=Cc3csnn3)CS[C@@H]12. The van der Waals surface area contributed by atoms with Gasteiger partial charge in [0.1, 0.15) is 17.1 Å². The van der Waals surface area contributed by atoms with Gasteiger partial charge in [0.05, 0.1) is 5.69 Å². The molecule has 2 aromatic carbocycles. The number of esters is 1. The number of carbonyl (C=O) groups excluding carboxylic acids is 2. The monoisotopic (exact) mass is 476 g/mol. The molecule has 2 aliphatic heterocycles. The van der Waals surface area contributed by atoms with Gasteiger partial charge in [0.25, 0.3) is 0 Å². The molecule has 0 saturated carbocycles. The molecule has 2 atom stereocenters. The lowest BCUT2D eigenvalue weighted by molar-refractivity contribution is -0.153. The van der Waals surface area contributed by atoms with Crippen LogP contribution in [0.4, 0.5) is 0 Å². The maximum absolute atomic E-state index is 13.6. The van der Waals surface area contributed by atoms with Gasteiger partial charge in [0.2, 0.25) is 5.91 Å². The highest BCUT2D eigenvalue weighted by atomic mass is 32.2. The number of nitrogens with zero attached hydrogens (tertiary/aromatic N) is 3. The van der Waals surface area contributed by atoms with E-state index in [4.69, 9.17) is 10.5 Å². The molecule has 3 heterocycles. The molecule has 0 aliphatic carbocycles. The third-order valence-electron chi connectivity index (χ3n) is 5.49. The number of β-lactam (4-membered cyclic amide) rings is 1. The second-order valence-electron chi connectivity index (χ2n) is 7.58. The zero-order valence-corrected chi connectivity index (χ0v) is 19.0. The number of thioether (sulfide) groups is 1. The van der Waals surface area contributed by atoms with Gasteiger partial charge >= 0.3 is 5.97 Å². The van der Waals surface area contributed by atoms with Gasteiger partial charge in [-0.2, -0.15) is 0 Å². The third-order valence-corrected chi connectivity index (χ3v) is 7.34. The molecular weight excluding hydrogens is 456 g/mol. The van der Waals surface area contributed by atoms with E-state index < -0.39 is 18.1 Å². The average Bonchev–Trinajstić information content (AvgIpc) is 3.39. The van der Waals surface area contributed by atoms with Crippen LogP contribution in [0.5, 0.6) is 0 Å². The summed E-state index contributed by atoms with van der Waals surface area (Å²) in [7, 11) is 0. The van der Waals surface area contributed by atoms with Crippen LogP contribution < -0.4 is 5.73 Å². The van der Waals surface area contributed by atoms with E-state index in [0.717, 1.165) is 11.1 Å². The zero-order chi connectivity index (χ0) is 22.8. The van der Waals surface area contributed by atoms with Crippen molar-refractivity contribution in [3.63, 3.8) is 0 Å². The van der Waals surface area contributed by atoms with Gasteiger partial charge in [0, 0.05) is 11.1 Å². The topological polar surface area (TPSA) is 98.4 Å². The standard InChI is InChI=1S/C24H20N4O3S2/c25-19-22(29)28-20(17(13-32-23(19)28)11-12-18-14-33-27-26-18)24(30)31-21(15-7-3-1-4-8-15)16-9-5-2-6-10-16/h1-12,14,19,21,23H,13,25H2/t19?,23-/m0/s1. The summed E-state index contributed by atoms with van der Waals surface area (Å²) in [6.45, 7) is 0. The van der Waals surface area contributed by atoms with Crippen LogP contribution in [0.3, 0.4) is 0 Å². The fraction of sp³-hybridized carbons (Fsp3) is 0.167. The fourth-order valence-electron chi connectivity index (χ4n) is 3.83. The van der Waals surface area contributed by atoms with E-state index in [1.165, 1.54) is 28.2 Å². The first-order valence-electron chi connectivity index (χ1n) is 10.3. The highest BCUT2D eigenvalue weighted by molar-refractivity contribution is 8.00. The summed E-state index contributed by atoms with van der Waals surface area (Å²) in [6.07, 6.45) is 2.97. The maximum Gasteiger partial charge on any atom is 0.356 e. The summed E-state index contributed by atoms with van der Waals surface area (Å²) in [5, 5.41) is 5.54. The van der Waals surface area contributed by atoms with Crippen LogP contribution >= 0.6 is 23.3 Å². The smallest absolute Gasteiger partial charge is 0.356 e. The van der Waals surface area contributed by atoms with E-state index in [9.17, 15) is 9.59 Å². The van der Waals surface area contributed by atoms with Crippen LogP contribution in [0.15, 0.2) is 83.4 Å². The van der Waals surface area contributed by atoms with Crippen LogP contribution in [-0.4, -0.2) is 43.5 Å². The normalized spacial score (nSPS) is 20.2. The summed E-state index contributed by atoms with van der Waals surface area (Å²) in [6, 6.07) is 18.5. The fourth-order valence-corrected chi connectivity index (χ4v) is 5.52. The number of hydrogen-bond acceptors (Lipinski definition) is 8. The first-order valence-corrected chi connectivity index (χ1v) is 12.2. The van der Waals surface area contributed by atoms with E-state index in [2.05, 4.69) is 9.59 Å². The van der Waals surface area contributed by atoms with Crippen LogP contribution in [-0.2, 0) is 14.3 Å². The molecule has 1 fully saturated rings. The Morgan fingerprint density at radius 1 is 1.09 bits per heavy atom. The molecule has 5 rings (SSSR count). The first-order chi connectivity index (χ1) is 16.1. The Balaban J connectivity index is 1.51. The minimum Gasteiger partial charge on any atom is -0.448 e. The van der Waals surface area contributed by atoms with Crippen LogP contribution in [0.2, 0.25) is 0 Å². The Morgan fingerprint density at radius 3 is 2.36 bits per heavy atom. The van der Waals surface area contributed by atoms with Crippen LogP contribution in [0, 0.1) is 0 Å². The molecule has 1 unspecified atom stereocenters. The minimum absolute atomic E-state index is 0.238. The molecule has 2 aliphatic rings. The highest BCUT2D eigenvalue weighted by Crippen LogP contribution is 2.41. The number of carbonyl (C=O) groups is 2. The van der Waals surface area contributed by atoms with Crippen molar-refractivity contribution < 1.29 is 14.3 Å². The Labute approximate surface area is 199 Å². The summed E-state index contributed by atoms with van der Waals surface area (Å²) >= 11 is 2.78. The predicted octanol–water partition coefficient (Wildman–Crippen LogP) is 3.38. The molecule has 1 saturated heterocycles. The van der Waals surface area contributed by atoms with Crippen molar-refractivity contribution in [2.45, 2.75) is 17.5 Å². The number of aromatic nitrogens is 2. The molecule has 1 aromatic heterocycles. The Hall–Kier alpha value is -3.27. The van der Waals surface area contributed by atoms with Crippen LogP contribution in [0.25, 0.3) is 6.08 Å². The van der Waals surface area contributed by atoms with Gasteiger partial charge in [-0.3, -0.25) is 9.69 Å². The number of amides is 1. The average molecular weight is 477 g/mol. The Morgan fingerprint density at radius 2 is 1.76 bits per heavy atom. The molecule has 2 N–H and O–H groups in total. The number of nitrogens with two attached hydrogens (primary N) is 1. The number of rotatable bonds is 6. The van der Waals surface area contributed by atoms with Gasteiger partial charge in [-0.1, -0.05) is 71.2 Å². The molecule has 3 aromatic rings. The first kappa shape index (κ1) is 21.6. The third kappa shape index (κ3) is 4.22.